The average Bonchev–Trinajstić information content (AvgIpc) is 0.722. The molecular formula is H10AlCsO6S. The topological polar surface area (TPSA) is 138 Å². The number of hydrogen-bond donors (Lipinski definition) is 2. The Hall–Kier alpha value is 2.37. The molecule has 6 nitrogen and oxygen atoms in total. The summed E-state index contributed by atoms with van der Waals surface area (Å²) in [5, 5.41) is 0. The van der Waals surface area contributed by atoms with Crippen LogP contribution < -0.4 is 68.9 Å². The molecule has 0 saturated heterocycles. The van der Waals surface area contributed by atoms with Crippen molar-refractivity contribution in [3.63, 3.8) is 0 Å². The maximum absolute atomic E-state index is 8.74. The SMILES string of the molecule is O.O.O=S(=O)(O)O.[AlH3].[Cs+].[H-]. The fourth-order valence-electron chi connectivity index (χ4n) is 0. The van der Waals surface area contributed by atoms with Gasteiger partial charge in [0.2, 0.25) is 0 Å². The molecule has 0 saturated carbocycles. The van der Waals surface area contributed by atoms with Gasteiger partial charge in [-0.25, -0.2) is 0 Å². The summed E-state index contributed by atoms with van der Waals surface area (Å²) in [7, 11) is -4.67. The van der Waals surface area contributed by atoms with Crippen LogP contribution >= 0.6 is 0 Å². The van der Waals surface area contributed by atoms with Gasteiger partial charge in [0.25, 0.3) is 0 Å². The molecule has 0 aromatic rings. The second-order valence-corrected chi connectivity index (χ2v) is 1.34. The molecule has 0 atom stereocenters. The summed E-state index contributed by atoms with van der Waals surface area (Å²) in [5.41, 5.74) is 0. The molecule has 0 aliphatic rings. The summed E-state index contributed by atoms with van der Waals surface area (Å²) < 4.78 is 31.6. The normalized spacial score (nSPS) is 6.44. The van der Waals surface area contributed by atoms with E-state index in [1.807, 2.05) is 0 Å². The van der Waals surface area contributed by atoms with E-state index < -0.39 is 10.4 Å². The van der Waals surface area contributed by atoms with Gasteiger partial charge < -0.3 is 12.4 Å². The predicted octanol–water partition coefficient (Wildman–Crippen LogP) is -6.37. The number of hydrogen-bond acceptors (Lipinski definition) is 2. The van der Waals surface area contributed by atoms with Gasteiger partial charge in [0.05, 0.1) is 0 Å². The van der Waals surface area contributed by atoms with E-state index in [2.05, 4.69) is 0 Å². The molecule has 0 aromatic heterocycles. The van der Waals surface area contributed by atoms with Crippen molar-refractivity contribution in [3.8, 4) is 0 Å². The van der Waals surface area contributed by atoms with E-state index in [-0.39, 0.29) is 98.6 Å². The van der Waals surface area contributed by atoms with Crippen LogP contribution in [0, 0.1) is 0 Å². The Kier molecular flexibility index (Phi) is 43.5. The minimum absolute atomic E-state index is 0. The van der Waals surface area contributed by atoms with Gasteiger partial charge in [-0.2, -0.15) is 8.42 Å². The molecule has 0 rings (SSSR count). The van der Waals surface area contributed by atoms with Gasteiger partial charge in [0, 0.05) is 0 Å². The smallest absolute Gasteiger partial charge is 1.00 e. The Morgan fingerprint density at radius 1 is 1.11 bits per heavy atom. The summed E-state index contributed by atoms with van der Waals surface area (Å²) >= 11 is 0. The van der Waals surface area contributed by atoms with Crippen LogP contribution in [0.5, 0.6) is 0 Å². The first-order valence-corrected chi connectivity index (χ1v) is 2.10. The molecule has 0 amide bonds. The molecule has 0 heterocycles. The Morgan fingerprint density at radius 3 is 1.11 bits per heavy atom. The van der Waals surface area contributed by atoms with Crippen LogP contribution in [0.1, 0.15) is 1.43 Å². The third kappa shape index (κ3) is 129. The van der Waals surface area contributed by atoms with E-state index in [9.17, 15) is 0 Å². The van der Waals surface area contributed by atoms with Crippen molar-refractivity contribution in [2.75, 3.05) is 0 Å². The van der Waals surface area contributed by atoms with Crippen molar-refractivity contribution < 1.29 is 98.8 Å². The molecule has 0 bridgehead atoms. The van der Waals surface area contributed by atoms with Crippen molar-refractivity contribution in [1.29, 1.82) is 0 Å². The van der Waals surface area contributed by atoms with E-state index in [1.54, 1.807) is 0 Å². The molecule has 9 heavy (non-hydrogen) atoms. The van der Waals surface area contributed by atoms with Gasteiger partial charge in [-0.3, -0.25) is 9.11 Å². The predicted molar refractivity (Wildman–Crippen MR) is 32.5 cm³/mol. The third-order valence-corrected chi connectivity index (χ3v) is 0. The Balaban J connectivity index is -0.00000000800. The summed E-state index contributed by atoms with van der Waals surface area (Å²) in [6, 6.07) is 0. The van der Waals surface area contributed by atoms with Gasteiger partial charge in [0.15, 0.2) is 17.4 Å². The largest absolute Gasteiger partial charge is 1.00 e. The molecule has 0 unspecified atom stereocenters. The molecule has 0 spiro atoms. The molecule has 56 valence electrons. The zero-order valence-electron chi connectivity index (χ0n) is 5.12. The van der Waals surface area contributed by atoms with Gasteiger partial charge in [0.1, 0.15) is 0 Å². The standard InChI is InChI=1S/Al.Cs.H2O4S.2H2O.4H/c;;1-5(2,3)4;;;;;;/h;;(H2,1,2,3,4);2*1H2;;;;/q;+1;;;;;;;-1. The second-order valence-electron chi connectivity index (χ2n) is 0.448. The average molecular weight is 298 g/mol. The van der Waals surface area contributed by atoms with Gasteiger partial charge in [-0.15, -0.1) is 0 Å². The Labute approximate surface area is 124 Å². The summed E-state index contributed by atoms with van der Waals surface area (Å²) in [4.78, 5) is 0. The molecule has 6 N–H and O–H groups in total. The second kappa shape index (κ2) is 13.0. The van der Waals surface area contributed by atoms with Crippen LogP contribution in [-0.4, -0.2) is 45.8 Å². The van der Waals surface area contributed by atoms with E-state index >= 15 is 0 Å². The van der Waals surface area contributed by atoms with E-state index in [1.165, 1.54) is 0 Å². The van der Waals surface area contributed by atoms with Crippen molar-refractivity contribution in [3.05, 3.63) is 0 Å². The van der Waals surface area contributed by atoms with Crippen LogP contribution in [0.3, 0.4) is 0 Å². The van der Waals surface area contributed by atoms with Crippen LogP contribution in [0.15, 0.2) is 0 Å². The van der Waals surface area contributed by atoms with Crippen molar-refractivity contribution in [2.24, 2.45) is 0 Å². The quantitative estimate of drug-likeness (QED) is 0.339. The third-order valence-electron chi connectivity index (χ3n) is 0. The van der Waals surface area contributed by atoms with Gasteiger partial charge in [-0.1, -0.05) is 0 Å². The monoisotopic (exact) mass is 298 g/mol. The first-order valence-electron chi connectivity index (χ1n) is 0.698. The van der Waals surface area contributed by atoms with Gasteiger partial charge in [-0.05, 0) is 0 Å². The van der Waals surface area contributed by atoms with Crippen LogP contribution in [-0.2, 0) is 10.4 Å². The Bertz CT molecular complexity index is 101. The van der Waals surface area contributed by atoms with Crippen LogP contribution in [0.2, 0.25) is 0 Å². The van der Waals surface area contributed by atoms with E-state index in [0.717, 1.165) is 0 Å². The maximum atomic E-state index is 8.74. The molecule has 0 aliphatic carbocycles. The molecule has 9 heteroatoms. The fourth-order valence-corrected chi connectivity index (χ4v) is 0. The summed E-state index contributed by atoms with van der Waals surface area (Å²) in [5.74, 6) is 0. The van der Waals surface area contributed by atoms with Crippen LogP contribution in [0.4, 0.5) is 0 Å². The minimum Gasteiger partial charge on any atom is -1.00 e. The summed E-state index contributed by atoms with van der Waals surface area (Å²) in [6.45, 7) is 0. The van der Waals surface area contributed by atoms with Crippen LogP contribution in [0.25, 0.3) is 0 Å². The van der Waals surface area contributed by atoms with Crippen molar-refractivity contribution >= 4 is 27.8 Å². The molecule has 0 radical (unpaired) electrons. The molecule has 0 aromatic carbocycles. The summed E-state index contributed by atoms with van der Waals surface area (Å²) in [6.07, 6.45) is 0. The maximum Gasteiger partial charge on any atom is 1.00 e. The minimum atomic E-state index is -4.67. The van der Waals surface area contributed by atoms with Crippen molar-refractivity contribution in [2.45, 2.75) is 0 Å². The zero-order valence-corrected chi connectivity index (χ0v) is 11.2. The van der Waals surface area contributed by atoms with Crippen molar-refractivity contribution in [1.82, 2.24) is 0 Å². The van der Waals surface area contributed by atoms with E-state index in [0.29, 0.717) is 0 Å². The first-order chi connectivity index (χ1) is 2.00. The van der Waals surface area contributed by atoms with E-state index in [4.69, 9.17) is 17.5 Å². The molecular weight excluding hydrogens is 288 g/mol. The zero-order chi connectivity index (χ0) is 4.50. The first kappa shape index (κ1) is 30.1. The Morgan fingerprint density at radius 2 is 1.11 bits per heavy atom. The van der Waals surface area contributed by atoms with Gasteiger partial charge >= 0.3 is 79.3 Å². The molecule has 0 aliphatic heterocycles. The molecule has 0 fully saturated rings. The number of rotatable bonds is 0. The fraction of sp³-hybridized carbons (Fsp3) is 0.